The Morgan fingerprint density at radius 1 is 1.32 bits per heavy atom. The van der Waals surface area contributed by atoms with E-state index >= 15 is 0 Å². The molecular weight excluding hydrogens is 302 g/mol. The van der Waals surface area contributed by atoms with Crippen LogP contribution >= 0.6 is 15.9 Å². The summed E-state index contributed by atoms with van der Waals surface area (Å²) in [5, 5.41) is 0.955. The van der Waals surface area contributed by atoms with Gasteiger partial charge < -0.3 is 4.90 Å². The molecule has 0 atom stereocenters. The Balaban J connectivity index is 2.15. The van der Waals surface area contributed by atoms with Crippen molar-refractivity contribution >= 4 is 21.8 Å². The van der Waals surface area contributed by atoms with Gasteiger partial charge in [0.2, 0.25) is 0 Å². The fraction of sp³-hybridized carbons (Fsp3) is 0.562. The van der Waals surface area contributed by atoms with E-state index in [4.69, 9.17) is 0 Å². The molecule has 0 spiro atoms. The molecular formula is C16H22BrNO. The third kappa shape index (κ3) is 3.38. The zero-order valence-electron chi connectivity index (χ0n) is 11.8. The minimum absolute atomic E-state index is 0.203. The van der Waals surface area contributed by atoms with Crippen molar-refractivity contribution in [2.75, 3.05) is 11.9 Å². The van der Waals surface area contributed by atoms with Gasteiger partial charge in [0.15, 0.2) is 0 Å². The van der Waals surface area contributed by atoms with Gasteiger partial charge in [-0.2, -0.15) is 0 Å². The summed E-state index contributed by atoms with van der Waals surface area (Å²) >= 11 is 3.46. The van der Waals surface area contributed by atoms with Crippen molar-refractivity contribution in [3.63, 3.8) is 0 Å². The van der Waals surface area contributed by atoms with Gasteiger partial charge in [0, 0.05) is 23.5 Å². The molecule has 0 unspecified atom stereocenters. The smallest absolute Gasteiger partial charge is 0.254 e. The monoisotopic (exact) mass is 323 g/mol. The van der Waals surface area contributed by atoms with Crippen LogP contribution in [0.1, 0.15) is 47.2 Å². The summed E-state index contributed by atoms with van der Waals surface area (Å²) < 4.78 is 0. The number of carbonyl (C=O) groups excluding carboxylic acids is 1. The van der Waals surface area contributed by atoms with Crippen LogP contribution in [0, 0.1) is 13.8 Å². The molecule has 0 aromatic heterocycles. The van der Waals surface area contributed by atoms with E-state index in [0.29, 0.717) is 6.04 Å². The van der Waals surface area contributed by atoms with Crippen molar-refractivity contribution in [3.8, 4) is 0 Å². The predicted molar refractivity (Wildman–Crippen MR) is 83.0 cm³/mol. The van der Waals surface area contributed by atoms with Gasteiger partial charge >= 0.3 is 0 Å². The first-order valence-corrected chi connectivity index (χ1v) is 8.20. The van der Waals surface area contributed by atoms with Gasteiger partial charge in [-0.15, -0.1) is 0 Å². The minimum Gasteiger partial charge on any atom is -0.336 e. The van der Waals surface area contributed by atoms with Crippen LogP contribution in [0.2, 0.25) is 0 Å². The SMILES string of the molecule is Cc1ccc(C(=O)N(CCCBr)C2CCC2)cc1C. The maximum Gasteiger partial charge on any atom is 0.254 e. The van der Waals surface area contributed by atoms with Crippen LogP contribution in [-0.2, 0) is 0 Å². The van der Waals surface area contributed by atoms with Crippen LogP contribution < -0.4 is 0 Å². The van der Waals surface area contributed by atoms with Crippen molar-refractivity contribution in [1.29, 1.82) is 0 Å². The molecule has 1 aromatic rings. The van der Waals surface area contributed by atoms with Crippen LogP contribution in [0.4, 0.5) is 0 Å². The Labute approximate surface area is 124 Å². The lowest BCUT2D eigenvalue weighted by molar-refractivity contribution is 0.0581. The summed E-state index contributed by atoms with van der Waals surface area (Å²) in [4.78, 5) is 14.7. The molecule has 1 aliphatic carbocycles. The molecule has 0 radical (unpaired) electrons. The maximum absolute atomic E-state index is 12.7. The second-order valence-corrected chi connectivity index (χ2v) is 6.22. The largest absolute Gasteiger partial charge is 0.336 e. The zero-order valence-corrected chi connectivity index (χ0v) is 13.4. The number of amides is 1. The summed E-state index contributed by atoms with van der Waals surface area (Å²) in [7, 11) is 0. The Kier molecular flexibility index (Phi) is 5.03. The summed E-state index contributed by atoms with van der Waals surface area (Å²) in [6, 6.07) is 6.50. The Hall–Kier alpha value is -0.830. The minimum atomic E-state index is 0.203. The average molecular weight is 324 g/mol. The van der Waals surface area contributed by atoms with E-state index in [0.717, 1.165) is 23.9 Å². The second kappa shape index (κ2) is 6.56. The topological polar surface area (TPSA) is 20.3 Å². The van der Waals surface area contributed by atoms with Crippen molar-refractivity contribution in [2.45, 2.75) is 45.6 Å². The van der Waals surface area contributed by atoms with E-state index in [9.17, 15) is 4.79 Å². The summed E-state index contributed by atoms with van der Waals surface area (Å²) in [6.07, 6.45) is 4.61. The average Bonchev–Trinajstić information content (AvgIpc) is 2.34. The quantitative estimate of drug-likeness (QED) is 0.747. The third-order valence-corrected chi connectivity index (χ3v) is 4.62. The fourth-order valence-electron chi connectivity index (χ4n) is 2.42. The molecule has 1 aliphatic rings. The number of alkyl halides is 1. The highest BCUT2D eigenvalue weighted by molar-refractivity contribution is 9.09. The molecule has 1 aromatic carbocycles. The van der Waals surface area contributed by atoms with Crippen molar-refractivity contribution < 1.29 is 4.79 Å². The molecule has 1 fully saturated rings. The summed E-state index contributed by atoms with van der Waals surface area (Å²) in [5.41, 5.74) is 3.27. The van der Waals surface area contributed by atoms with E-state index in [1.54, 1.807) is 0 Å². The van der Waals surface area contributed by atoms with E-state index in [1.807, 2.05) is 18.2 Å². The summed E-state index contributed by atoms with van der Waals surface area (Å²) in [6.45, 7) is 5.01. The second-order valence-electron chi connectivity index (χ2n) is 5.42. The standard InChI is InChI=1S/C16H22BrNO/c1-12-7-8-14(11-13(12)2)16(19)18(10-4-9-17)15-5-3-6-15/h7-8,11,15H,3-6,9-10H2,1-2H3. The third-order valence-electron chi connectivity index (χ3n) is 4.06. The number of rotatable bonds is 5. The van der Waals surface area contributed by atoms with Gasteiger partial charge in [0.05, 0.1) is 0 Å². The Morgan fingerprint density at radius 3 is 2.58 bits per heavy atom. The number of aryl methyl sites for hydroxylation is 2. The molecule has 2 rings (SSSR count). The van der Waals surface area contributed by atoms with Crippen LogP contribution in [-0.4, -0.2) is 28.7 Å². The zero-order chi connectivity index (χ0) is 13.8. The molecule has 104 valence electrons. The van der Waals surface area contributed by atoms with Crippen molar-refractivity contribution in [2.24, 2.45) is 0 Å². The molecule has 1 saturated carbocycles. The molecule has 0 N–H and O–H groups in total. The van der Waals surface area contributed by atoms with Gasteiger partial charge in [-0.05, 0) is 62.8 Å². The number of halogens is 1. The van der Waals surface area contributed by atoms with Gasteiger partial charge in [-0.25, -0.2) is 0 Å². The first-order chi connectivity index (χ1) is 9.13. The van der Waals surface area contributed by atoms with Crippen molar-refractivity contribution in [1.82, 2.24) is 4.90 Å². The number of hydrogen-bond donors (Lipinski definition) is 0. The normalized spacial score (nSPS) is 15.1. The summed E-state index contributed by atoms with van der Waals surface area (Å²) in [5.74, 6) is 0.203. The Bertz CT molecular complexity index is 454. The lowest BCUT2D eigenvalue weighted by Crippen LogP contribution is -2.44. The maximum atomic E-state index is 12.7. The lowest BCUT2D eigenvalue weighted by Gasteiger charge is -2.37. The Morgan fingerprint density at radius 2 is 2.05 bits per heavy atom. The van der Waals surface area contributed by atoms with E-state index in [1.165, 1.54) is 30.4 Å². The van der Waals surface area contributed by atoms with Gasteiger partial charge in [-0.1, -0.05) is 22.0 Å². The van der Waals surface area contributed by atoms with Crippen LogP contribution in [0.3, 0.4) is 0 Å². The highest BCUT2D eigenvalue weighted by atomic mass is 79.9. The molecule has 3 heteroatoms. The lowest BCUT2D eigenvalue weighted by atomic mass is 9.90. The van der Waals surface area contributed by atoms with Crippen LogP contribution in [0.15, 0.2) is 18.2 Å². The number of hydrogen-bond acceptors (Lipinski definition) is 1. The molecule has 0 aliphatic heterocycles. The van der Waals surface area contributed by atoms with Gasteiger partial charge in [0.1, 0.15) is 0 Å². The van der Waals surface area contributed by atoms with Crippen LogP contribution in [0.25, 0.3) is 0 Å². The molecule has 2 nitrogen and oxygen atoms in total. The first-order valence-electron chi connectivity index (χ1n) is 7.07. The highest BCUT2D eigenvalue weighted by Crippen LogP contribution is 2.27. The van der Waals surface area contributed by atoms with Gasteiger partial charge in [-0.3, -0.25) is 4.79 Å². The van der Waals surface area contributed by atoms with E-state index in [2.05, 4.69) is 34.7 Å². The molecule has 0 heterocycles. The van der Waals surface area contributed by atoms with E-state index < -0.39 is 0 Å². The highest BCUT2D eigenvalue weighted by Gasteiger charge is 2.28. The van der Waals surface area contributed by atoms with Crippen LogP contribution in [0.5, 0.6) is 0 Å². The van der Waals surface area contributed by atoms with E-state index in [-0.39, 0.29) is 5.91 Å². The number of nitrogens with zero attached hydrogens (tertiary/aromatic N) is 1. The predicted octanol–water partition coefficient (Wildman–Crippen LogP) is 4.08. The molecule has 0 saturated heterocycles. The fourth-order valence-corrected chi connectivity index (χ4v) is 2.67. The van der Waals surface area contributed by atoms with Crippen molar-refractivity contribution in [3.05, 3.63) is 34.9 Å². The number of benzene rings is 1. The number of carbonyl (C=O) groups is 1. The molecule has 19 heavy (non-hydrogen) atoms. The first kappa shape index (κ1) is 14.6. The van der Waals surface area contributed by atoms with Gasteiger partial charge in [0.25, 0.3) is 5.91 Å². The molecule has 0 bridgehead atoms. The molecule has 1 amide bonds.